The number of aryl methyl sites for hydroxylation is 1. The summed E-state index contributed by atoms with van der Waals surface area (Å²) in [6.07, 6.45) is 4.29. The zero-order chi connectivity index (χ0) is 6.85. The van der Waals surface area contributed by atoms with E-state index in [1.54, 1.807) is 6.20 Å². The van der Waals surface area contributed by atoms with Crippen molar-refractivity contribution in [2.45, 2.75) is 13.3 Å². The van der Waals surface area contributed by atoms with E-state index in [-0.39, 0.29) is 0 Å². The van der Waals surface area contributed by atoms with E-state index in [2.05, 4.69) is 0 Å². The fourth-order valence-corrected chi connectivity index (χ4v) is 0.908. The minimum absolute atomic E-state index is 0.847. The second-order valence-electron chi connectivity index (χ2n) is 2.02. The van der Waals surface area contributed by atoms with Gasteiger partial charge in [0.05, 0.1) is 13.5 Å². The number of rotatable bonds is 1. The Balaban J connectivity index is 3.07. The molecule has 0 bridgehead atoms. The third kappa shape index (κ3) is 0.896. The standard InChI is InChI=1S/C6H11N2O/c1-3-6-7(2)4-5-8(6)9/h4-5,9H,3H2,1-2H3/q+1. The van der Waals surface area contributed by atoms with Gasteiger partial charge in [-0.3, -0.25) is 0 Å². The Morgan fingerprint density at radius 3 is 2.67 bits per heavy atom. The molecule has 1 rings (SSSR count). The quantitative estimate of drug-likeness (QED) is 0.421. The predicted octanol–water partition coefficient (Wildman–Crippen LogP) is 0.112. The van der Waals surface area contributed by atoms with Crippen molar-refractivity contribution in [3.8, 4) is 0 Å². The number of hydrogen-bond acceptors (Lipinski definition) is 1. The smallest absolute Gasteiger partial charge is 0.295 e. The topological polar surface area (TPSA) is 29.0 Å². The molecular formula is C6H11N2O+. The summed E-state index contributed by atoms with van der Waals surface area (Å²) in [5.74, 6) is 0.912. The van der Waals surface area contributed by atoms with E-state index in [9.17, 15) is 0 Å². The maximum absolute atomic E-state index is 9.03. The lowest BCUT2D eigenvalue weighted by Crippen LogP contribution is -2.31. The minimum atomic E-state index is 0.847. The van der Waals surface area contributed by atoms with Crippen LogP contribution in [0, 0.1) is 0 Å². The lowest BCUT2D eigenvalue weighted by atomic mass is 10.5. The average Bonchev–Trinajstić information content (AvgIpc) is 2.12. The van der Waals surface area contributed by atoms with Crippen LogP contribution in [0.4, 0.5) is 0 Å². The Labute approximate surface area is 54.1 Å². The molecule has 0 aliphatic rings. The van der Waals surface area contributed by atoms with Gasteiger partial charge in [0, 0.05) is 0 Å². The van der Waals surface area contributed by atoms with Gasteiger partial charge in [-0.1, -0.05) is 11.7 Å². The van der Waals surface area contributed by atoms with Gasteiger partial charge in [-0.25, -0.2) is 4.57 Å². The molecule has 0 amide bonds. The molecule has 1 heterocycles. The van der Waals surface area contributed by atoms with E-state index in [1.807, 2.05) is 24.7 Å². The third-order valence-electron chi connectivity index (χ3n) is 1.42. The molecule has 0 saturated carbocycles. The van der Waals surface area contributed by atoms with Crippen molar-refractivity contribution in [2.24, 2.45) is 7.05 Å². The summed E-state index contributed by atoms with van der Waals surface area (Å²) in [5, 5.41) is 9.03. The van der Waals surface area contributed by atoms with E-state index >= 15 is 0 Å². The maximum atomic E-state index is 9.03. The molecule has 9 heavy (non-hydrogen) atoms. The van der Waals surface area contributed by atoms with E-state index in [1.165, 1.54) is 0 Å². The highest BCUT2D eigenvalue weighted by molar-refractivity contribution is 4.77. The molecule has 0 aliphatic carbocycles. The first kappa shape index (κ1) is 6.13. The Morgan fingerprint density at radius 2 is 2.44 bits per heavy atom. The van der Waals surface area contributed by atoms with Gasteiger partial charge >= 0.3 is 0 Å². The summed E-state index contributed by atoms with van der Waals surface area (Å²) in [4.78, 5) is 0. The first-order valence-corrected chi connectivity index (χ1v) is 3.00. The number of hydrogen-bond donors (Lipinski definition) is 1. The van der Waals surface area contributed by atoms with Crippen LogP contribution in [0.2, 0.25) is 0 Å². The average molecular weight is 127 g/mol. The summed E-state index contributed by atoms with van der Waals surface area (Å²) in [5.41, 5.74) is 0. The van der Waals surface area contributed by atoms with Gasteiger partial charge in [0.15, 0.2) is 6.20 Å². The first-order chi connectivity index (χ1) is 4.25. The summed E-state index contributed by atoms with van der Waals surface area (Å²) < 4.78 is 3.03. The molecule has 3 nitrogen and oxygen atoms in total. The van der Waals surface area contributed by atoms with E-state index in [0.717, 1.165) is 17.0 Å². The monoisotopic (exact) mass is 127 g/mol. The van der Waals surface area contributed by atoms with Crippen LogP contribution in [0.5, 0.6) is 0 Å². The highest BCUT2D eigenvalue weighted by Gasteiger charge is 2.08. The van der Waals surface area contributed by atoms with Crippen LogP contribution in [0.3, 0.4) is 0 Å². The molecule has 1 aromatic heterocycles. The maximum Gasteiger partial charge on any atom is 0.295 e. The van der Waals surface area contributed by atoms with Crippen molar-refractivity contribution in [3.05, 3.63) is 18.2 Å². The second kappa shape index (κ2) is 2.09. The van der Waals surface area contributed by atoms with Crippen molar-refractivity contribution in [3.63, 3.8) is 0 Å². The van der Waals surface area contributed by atoms with Crippen molar-refractivity contribution < 1.29 is 9.77 Å². The molecule has 0 unspecified atom stereocenters. The zero-order valence-electron chi connectivity index (χ0n) is 5.70. The lowest BCUT2D eigenvalue weighted by molar-refractivity contribution is -0.679. The fourth-order valence-electron chi connectivity index (χ4n) is 0.908. The van der Waals surface area contributed by atoms with Gasteiger partial charge in [-0.2, -0.15) is 0 Å². The molecule has 3 heteroatoms. The third-order valence-corrected chi connectivity index (χ3v) is 1.42. The zero-order valence-corrected chi connectivity index (χ0v) is 5.70. The second-order valence-corrected chi connectivity index (χ2v) is 2.02. The van der Waals surface area contributed by atoms with Crippen molar-refractivity contribution in [1.82, 2.24) is 4.73 Å². The van der Waals surface area contributed by atoms with Gasteiger partial charge in [-0.05, 0) is 0 Å². The first-order valence-electron chi connectivity index (χ1n) is 3.00. The fraction of sp³-hybridized carbons (Fsp3) is 0.500. The van der Waals surface area contributed by atoms with Crippen LogP contribution in [-0.2, 0) is 13.5 Å². The van der Waals surface area contributed by atoms with Gasteiger partial charge < -0.3 is 5.21 Å². The minimum Gasteiger partial charge on any atom is -0.350 e. The Kier molecular flexibility index (Phi) is 1.42. The number of aromatic nitrogens is 2. The van der Waals surface area contributed by atoms with E-state index < -0.39 is 0 Å². The molecule has 0 aliphatic heterocycles. The van der Waals surface area contributed by atoms with Crippen LogP contribution in [0.1, 0.15) is 12.7 Å². The van der Waals surface area contributed by atoms with E-state index in [0.29, 0.717) is 0 Å². The number of nitrogens with zero attached hydrogens (tertiary/aromatic N) is 2. The normalized spacial score (nSPS) is 10.0. The van der Waals surface area contributed by atoms with Gasteiger partial charge in [0.2, 0.25) is 0 Å². The number of imidazole rings is 1. The molecule has 0 aromatic carbocycles. The molecule has 1 N–H and O–H groups in total. The van der Waals surface area contributed by atoms with Crippen LogP contribution >= 0.6 is 0 Å². The highest BCUT2D eigenvalue weighted by Crippen LogP contribution is 1.89. The Bertz CT molecular complexity index is 185. The predicted molar refractivity (Wildman–Crippen MR) is 32.2 cm³/mol. The van der Waals surface area contributed by atoms with Gasteiger partial charge in [0.1, 0.15) is 6.20 Å². The molecule has 0 saturated heterocycles. The Morgan fingerprint density at radius 1 is 1.78 bits per heavy atom. The molecule has 0 atom stereocenters. The van der Waals surface area contributed by atoms with Gasteiger partial charge in [0.25, 0.3) is 5.82 Å². The molecule has 50 valence electrons. The lowest BCUT2D eigenvalue weighted by Gasteiger charge is -1.88. The van der Waals surface area contributed by atoms with Crippen LogP contribution in [0.25, 0.3) is 0 Å². The summed E-state index contributed by atoms with van der Waals surface area (Å²) in [7, 11) is 1.91. The Hall–Kier alpha value is -0.990. The van der Waals surface area contributed by atoms with Crippen molar-refractivity contribution >= 4 is 0 Å². The largest absolute Gasteiger partial charge is 0.350 e. The molecule has 0 fully saturated rings. The van der Waals surface area contributed by atoms with Crippen molar-refractivity contribution in [2.75, 3.05) is 0 Å². The molecule has 0 radical (unpaired) electrons. The van der Waals surface area contributed by atoms with Crippen molar-refractivity contribution in [1.29, 1.82) is 0 Å². The van der Waals surface area contributed by atoms with Crippen LogP contribution < -0.4 is 4.57 Å². The highest BCUT2D eigenvalue weighted by atomic mass is 16.5. The van der Waals surface area contributed by atoms with Crippen LogP contribution in [-0.4, -0.2) is 9.94 Å². The molecule has 0 spiro atoms. The summed E-state index contributed by atoms with van der Waals surface area (Å²) >= 11 is 0. The summed E-state index contributed by atoms with van der Waals surface area (Å²) in [6.45, 7) is 2.00. The van der Waals surface area contributed by atoms with Crippen LogP contribution in [0.15, 0.2) is 12.4 Å². The summed E-state index contributed by atoms with van der Waals surface area (Å²) in [6, 6.07) is 0. The SMILES string of the molecule is CCc1n(O)cc[n+]1C. The molecular weight excluding hydrogens is 116 g/mol. The van der Waals surface area contributed by atoms with E-state index in [4.69, 9.17) is 5.21 Å². The molecule has 1 aromatic rings. The van der Waals surface area contributed by atoms with Gasteiger partial charge in [-0.15, -0.1) is 0 Å².